The van der Waals surface area contributed by atoms with Crippen LogP contribution >= 0.6 is 0 Å². The molecule has 1 nitrogen and oxygen atoms in total. The molecule has 0 bridgehead atoms. The van der Waals surface area contributed by atoms with Crippen molar-refractivity contribution in [2.24, 2.45) is 0 Å². The molecule has 0 heterocycles. The molecule has 0 aliphatic rings. The van der Waals surface area contributed by atoms with Gasteiger partial charge in [0.2, 0.25) is 0 Å². The lowest BCUT2D eigenvalue weighted by atomic mass is 9.92. The monoisotopic (exact) mass is 286 g/mol. The van der Waals surface area contributed by atoms with Crippen LogP contribution in [0.5, 0.6) is 0 Å². The molecule has 0 spiro atoms. The number of hydrogen-bond donors (Lipinski definition) is 0. The molecular weight excluding hydrogens is 268 g/mol. The summed E-state index contributed by atoms with van der Waals surface area (Å²) < 4.78 is 0. The highest BCUT2D eigenvalue weighted by Crippen LogP contribution is 2.24. The van der Waals surface area contributed by atoms with Gasteiger partial charge >= 0.3 is 0 Å². The molecular formula is C21H18O. The molecule has 108 valence electrons. The number of benzene rings is 3. The predicted molar refractivity (Wildman–Crippen MR) is 90.8 cm³/mol. The van der Waals surface area contributed by atoms with Crippen LogP contribution in [0.4, 0.5) is 0 Å². The van der Waals surface area contributed by atoms with Crippen molar-refractivity contribution in [1.82, 2.24) is 0 Å². The van der Waals surface area contributed by atoms with E-state index in [1.165, 1.54) is 16.7 Å². The number of carbonyl (C=O) groups excluding carboxylic acids is 1. The van der Waals surface area contributed by atoms with Crippen molar-refractivity contribution >= 4 is 6.29 Å². The van der Waals surface area contributed by atoms with E-state index in [2.05, 4.69) is 48.5 Å². The first-order chi connectivity index (χ1) is 10.9. The second kappa shape index (κ2) is 6.86. The van der Waals surface area contributed by atoms with E-state index >= 15 is 0 Å². The van der Waals surface area contributed by atoms with Gasteiger partial charge in [-0.05, 0) is 28.7 Å². The number of rotatable bonds is 5. The molecule has 0 fully saturated rings. The summed E-state index contributed by atoms with van der Waals surface area (Å²) in [5.41, 5.74) is 4.62. The molecule has 0 amide bonds. The van der Waals surface area contributed by atoms with Crippen LogP contribution in [0.15, 0.2) is 84.9 Å². The average Bonchev–Trinajstić information content (AvgIpc) is 2.61. The molecule has 3 rings (SSSR count). The van der Waals surface area contributed by atoms with E-state index in [4.69, 9.17) is 0 Å². The topological polar surface area (TPSA) is 17.1 Å². The number of carbonyl (C=O) groups is 1. The molecule has 0 saturated carbocycles. The van der Waals surface area contributed by atoms with Crippen LogP contribution in [0.2, 0.25) is 0 Å². The molecule has 0 aliphatic carbocycles. The zero-order valence-electron chi connectivity index (χ0n) is 12.4. The lowest BCUT2D eigenvalue weighted by Gasteiger charge is -2.12. The molecule has 22 heavy (non-hydrogen) atoms. The summed E-state index contributed by atoms with van der Waals surface area (Å²) >= 11 is 0. The quantitative estimate of drug-likeness (QED) is 0.611. The van der Waals surface area contributed by atoms with Crippen molar-refractivity contribution in [3.05, 3.63) is 96.1 Å². The van der Waals surface area contributed by atoms with E-state index < -0.39 is 0 Å². The molecule has 0 aromatic heterocycles. The Morgan fingerprint density at radius 3 is 1.82 bits per heavy atom. The largest absolute Gasteiger partial charge is 0.303 e. The fourth-order valence-corrected chi connectivity index (χ4v) is 2.67. The van der Waals surface area contributed by atoms with E-state index in [0.717, 1.165) is 18.3 Å². The van der Waals surface area contributed by atoms with Crippen LogP contribution in [-0.4, -0.2) is 6.29 Å². The summed E-state index contributed by atoms with van der Waals surface area (Å²) in [6.45, 7) is 0. The molecule has 0 aliphatic heterocycles. The number of aldehydes is 1. The van der Waals surface area contributed by atoms with Crippen molar-refractivity contribution in [3.8, 4) is 11.1 Å². The Balaban J connectivity index is 1.80. The maximum absolute atomic E-state index is 11.5. The van der Waals surface area contributed by atoms with Gasteiger partial charge in [0.1, 0.15) is 6.29 Å². The SMILES string of the molecule is O=CC(Cc1ccccc1)c1ccc(-c2ccccc2)cc1. The van der Waals surface area contributed by atoms with Crippen LogP contribution in [0.25, 0.3) is 11.1 Å². The van der Waals surface area contributed by atoms with Gasteiger partial charge in [0.15, 0.2) is 0 Å². The maximum atomic E-state index is 11.5. The lowest BCUT2D eigenvalue weighted by molar-refractivity contribution is -0.109. The summed E-state index contributed by atoms with van der Waals surface area (Å²) in [5.74, 6) is -0.0905. The van der Waals surface area contributed by atoms with Gasteiger partial charge in [0.05, 0.1) is 0 Å². The van der Waals surface area contributed by atoms with E-state index in [1.807, 2.05) is 36.4 Å². The Morgan fingerprint density at radius 2 is 1.23 bits per heavy atom. The summed E-state index contributed by atoms with van der Waals surface area (Å²) in [6, 6.07) is 28.7. The first-order valence-electron chi connectivity index (χ1n) is 7.51. The fraction of sp³-hybridized carbons (Fsp3) is 0.0952. The van der Waals surface area contributed by atoms with Gasteiger partial charge in [-0.15, -0.1) is 0 Å². The maximum Gasteiger partial charge on any atom is 0.127 e. The van der Waals surface area contributed by atoms with Gasteiger partial charge in [0.25, 0.3) is 0 Å². The van der Waals surface area contributed by atoms with Crippen molar-refractivity contribution < 1.29 is 4.79 Å². The minimum atomic E-state index is -0.0905. The van der Waals surface area contributed by atoms with Gasteiger partial charge in [0, 0.05) is 5.92 Å². The molecule has 1 heteroatoms. The zero-order chi connectivity index (χ0) is 15.2. The average molecular weight is 286 g/mol. The van der Waals surface area contributed by atoms with E-state index in [1.54, 1.807) is 0 Å². The van der Waals surface area contributed by atoms with Gasteiger partial charge in [-0.1, -0.05) is 84.9 Å². The molecule has 0 radical (unpaired) electrons. The van der Waals surface area contributed by atoms with Gasteiger partial charge in [-0.3, -0.25) is 0 Å². The summed E-state index contributed by atoms with van der Waals surface area (Å²) in [7, 11) is 0. The van der Waals surface area contributed by atoms with E-state index in [9.17, 15) is 4.79 Å². The highest BCUT2D eigenvalue weighted by Gasteiger charge is 2.11. The molecule has 3 aromatic carbocycles. The second-order valence-electron chi connectivity index (χ2n) is 5.42. The van der Waals surface area contributed by atoms with Crippen molar-refractivity contribution in [2.45, 2.75) is 12.3 Å². The first kappa shape index (κ1) is 14.3. The van der Waals surface area contributed by atoms with Crippen LogP contribution in [0, 0.1) is 0 Å². The standard InChI is InChI=1S/C21H18O/c22-16-21(15-17-7-3-1-4-8-17)20-13-11-19(12-14-20)18-9-5-2-6-10-18/h1-14,16,21H,15H2. The Hall–Kier alpha value is -2.67. The minimum absolute atomic E-state index is 0.0905. The van der Waals surface area contributed by atoms with E-state index in [0.29, 0.717) is 0 Å². The van der Waals surface area contributed by atoms with Crippen LogP contribution in [0.3, 0.4) is 0 Å². The van der Waals surface area contributed by atoms with Gasteiger partial charge < -0.3 is 4.79 Å². The lowest BCUT2D eigenvalue weighted by Crippen LogP contribution is -2.04. The van der Waals surface area contributed by atoms with Crippen molar-refractivity contribution in [3.63, 3.8) is 0 Å². The first-order valence-corrected chi connectivity index (χ1v) is 7.51. The predicted octanol–water partition coefficient (Wildman–Crippen LogP) is 4.88. The third kappa shape index (κ3) is 3.32. The van der Waals surface area contributed by atoms with Gasteiger partial charge in [-0.25, -0.2) is 0 Å². The van der Waals surface area contributed by atoms with Gasteiger partial charge in [-0.2, -0.15) is 0 Å². The smallest absolute Gasteiger partial charge is 0.127 e. The molecule has 0 saturated heterocycles. The fourth-order valence-electron chi connectivity index (χ4n) is 2.67. The minimum Gasteiger partial charge on any atom is -0.303 e. The summed E-state index contributed by atoms with van der Waals surface area (Å²) in [6.07, 6.45) is 1.79. The third-order valence-electron chi connectivity index (χ3n) is 3.91. The van der Waals surface area contributed by atoms with Crippen molar-refractivity contribution in [2.75, 3.05) is 0 Å². The van der Waals surface area contributed by atoms with E-state index in [-0.39, 0.29) is 5.92 Å². The normalized spacial score (nSPS) is 11.8. The summed E-state index contributed by atoms with van der Waals surface area (Å²) in [4.78, 5) is 11.5. The Kier molecular flexibility index (Phi) is 4.45. The molecule has 1 atom stereocenters. The van der Waals surface area contributed by atoms with Crippen LogP contribution in [-0.2, 0) is 11.2 Å². The Morgan fingerprint density at radius 1 is 0.682 bits per heavy atom. The second-order valence-corrected chi connectivity index (χ2v) is 5.42. The van der Waals surface area contributed by atoms with Crippen LogP contribution < -0.4 is 0 Å². The molecule has 3 aromatic rings. The molecule has 1 unspecified atom stereocenters. The number of hydrogen-bond acceptors (Lipinski definition) is 1. The Bertz CT molecular complexity index is 715. The van der Waals surface area contributed by atoms with Crippen molar-refractivity contribution in [1.29, 1.82) is 0 Å². The zero-order valence-corrected chi connectivity index (χ0v) is 12.4. The van der Waals surface area contributed by atoms with Crippen LogP contribution in [0.1, 0.15) is 17.0 Å². The molecule has 0 N–H and O–H groups in total. The highest BCUT2D eigenvalue weighted by molar-refractivity contribution is 5.67. The summed E-state index contributed by atoms with van der Waals surface area (Å²) in [5, 5.41) is 0. The Labute approximate surface area is 131 Å². The highest BCUT2D eigenvalue weighted by atomic mass is 16.1. The third-order valence-corrected chi connectivity index (χ3v) is 3.91.